The van der Waals surface area contributed by atoms with Crippen LogP contribution in [0.2, 0.25) is 0 Å². The number of rotatable bonds is 5. The van der Waals surface area contributed by atoms with Crippen molar-refractivity contribution in [1.29, 1.82) is 0 Å². The van der Waals surface area contributed by atoms with E-state index in [0.717, 1.165) is 30.2 Å². The molecule has 0 amide bonds. The molecule has 1 aliphatic carbocycles. The summed E-state index contributed by atoms with van der Waals surface area (Å²) in [5, 5.41) is 6.71. The molecule has 1 aliphatic rings. The second kappa shape index (κ2) is 7.66. The third kappa shape index (κ3) is 3.87. The first kappa shape index (κ1) is 17.3. The molecule has 138 valence electrons. The normalized spacial score (nSPS) is 15.8. The highest BCUT2D eigenvalue weighted by Gasteiger charge is 2.25. The zero-order valence-corrected chi connectivity index (χ0v) is 15.7. The highest BCUT2D eigenvalue weighted by Crippen LogP contribution is 2.33. The summed E-state index contributed by atoms with van der Waals surface area (Å²) in [4.78, 5) is 8.86. The van der Waals surface area contributed by atoms with Gasteiger partial charge in [-0.3, -0.25) is 4.99 Å². The van der Waals surface area contributed by atoms with Crippen molar-refractivity contribution in [2.24, 2.45) is 4.99 Å². The molecule has 2 aromatic carbocycles. The molecule has 1 atom stereocenters. The minimum absolute atomic E-state index is 0.556. The Bertz CT molecular complexity index is 943. The second-order valence-electron chi connectivity index (χ2n) is 6.92. The molecule has 0 spiro atoms. The molecule has 1 unspecified atom stereocenters. The predicted molar refractivity (Wildman–Crippen MR) is 108 cm³/mol. The van der Waals surface area contributed by atoms with E-state index < -0.39 is 0 Å². The maximum atomic E-state index is 5.61. The van der Waals surface area contributed by atoms with Crippen LogP contribution in [0.4, 0.5) is 0 Å². The predicted octanol–water partition coefficient (Wildman–Crippen LogP) is 3.65. The van der Waals surface area contributed by atoms with Gasteiger partial charge in [0.15, 0.2) is 5.96 Å². The van der Waals surface area contributed by atoms with E-state index >= 15 is 0 Å². The summed E-state index contributed by atoms with van der Waals surface area (Å²) in [7, 11) is 1.78. The Kier molecular flexibility index (Phi) is 4.92. The Morgan fingerprint density at radius 2 is 1.96 bits per heavy atom. The van der Waals surface area contributed by atoms with Crippen molar-refractivity contribution < 1.29 is 4.42 Å². The monoisotopic (exact) mass is 360 g/mol. The molecular weight excluding hydrogens is 336 g/mol. The van der Waals surface area contributed by atoms with Crippen LogP contribution in [0.5, 0.6) is 0 Å². The smallest absolute Gasteiger partial charge is 0.226 e. The van der Waals surface area contributed by atoms with Crippen molar-refractivity contribution in [3.63, 3.8) is 0 Å². The third-order valence-corrected chi connectivity index (χ3v) is 4.99. The minimum Gasteiger partial charge on any atom is -0.444 e. The van der Waals surface area contributed by atoms with Gasteiger partial charge in [0.05, 0.1) is 12.2 Å². The first-order valence-electron chi connectivity index (χ1n) is 9.26. The first-order valence-corrected chi connectivity index (χ1v) is 9.26. The third-order valence-electron chi connectivity index (χ3n) is 4.99. The van der Waals surface area contributed by atoms with Gasteiger partial charge in [0.2, 0.25) is 5.89 Å². The zero-order chi connectivity index (χ0) is 18.6. The summed E-state index contributed by atoms with van der Waals surface area (Å²) >= 11 is 0. The highest BCUT2D eigenvalue weighted by atomic mass is 16.3. The Hall–Kier alpha value is -3.08. The lowest BCUT2D eigenvalue weighted by Crippen LogP contribution is -2.40. The molecule has 0 radical (unpaired) electrons. The number of hydrogen-bond acceptors (Lipinski definition) is 3. The van der Waals surface area contributed by atoms with E-state index in [0.29, 0.717) is 18.4 Å². The number of nitrogens with zero attached hydrogens (tertiary/aromatic N) is 2. The number of hydrogen-bond donors (Lipinski definition) is 2. The average molecular weight is 360 g/mol. The summed E-state index contributed by atoms with van der Waals surface area (Å²) in [5.74, 6) is 1.97. The molecule has 5 nitrogen and oxygen atoms in total. The molecule has 0 saturated carbocycles. The molecule has 2 N–H and O–H groups in total. The van der Waals surface area contributed by atoms with Gasteiger partial charge in [0, 0.05) is 25.1 Å². The van der Waals surface area contributed by atoms with E-state index in [1.807, 2.05) is 12.1 Å². The SMILES string of the molecule is CN=C(NCc1coc(-c2ccc(C)cc2)n1)NCC1Cc2ccccc21. The number of nitrogens with one attached hydrogen (secondary N) is 2. The number of aryl methyl sites for hydroxylation is 1. The van der Waals surface area contributed by atoms with Gasteiger partial charge < -0.3 is 15.1 Å². The van der Waals surface area contributed by atoms with Crippen molar-refractivity contribution in [3.8, 4) is 11.5 Å². The van der Waals surface area contributed by atoms with Crippen LogP contribution >= 0.6 is 0 Å². The summed E-state index contributed by atoms with van der Waals surface area (Å²) in [6.45, 7) is 3.51. The van der Waals surface area contributed by atoms with E-state index in [1.54, 1.807) is 13.3 Å². The number of aliphatic imine (C=N–C) groups is 1. The number of fused-ring (bicyclic) bond motifs is 1. The molecule has 27 heavy (non-hydrogen) atoms. The fraction of sp³-hybridized carbons (Fsp3) is 0.273. The van der Waals surface area contributed by atoms with Crippen molar-refractivity contribution in [2.75, 3.05) is 13.6 Å². The van der Waals surface area contributed by atoms with Gasteiger partial charge >= 0.3 is 0 Å². The maximum absolute atomic E-state index is 5.61. The Morgan fingerprint density at radius 1 is 1.15 bits per heavy atom. The molecule has 1 heterocycles. The Balaban J connectivity index is 1.29. The topological polar surface area (TPSA) is 62.5 Å². The summed E-state index contributed by atoms with van der Waals surface area (Å²) in [6.07, 6.45) is 2.82. The summed E-state index contributed by atoms with van der Waals surface area (Å²) < 4.78 is 5.61. The lowest BCUT2D eigenvalue weighted by molar-refractivity contribution is 0.571. The zero-order valence-electron chi connectivity index (χ0n) is 15.7. The van der Waals surface area contributed by atoms with Gasteiger partial charge in [-0.15, -0.1) is 0 Å². The molecule has 4 rings (SSSR count). The van der Waals surface area contributed by atoms with Crippen LogP contribution in [0.1, 0.15) is 28.3 Å². The number of guanidine groups is 1. The fourth-order valence-electron chi connectivity index (χ4n) is 3.38. The minimum atomic E-state index is 0.556. The number of oxazole rings is 1. The first-order chi connectivity index (χ1) is 13.2. The van der Waals surface area contributed by atoms with Crippen LogP contribution in [0.15, 0.2) is 64.2 Å². The molecule has 0 saturated heterocycles. The molecule has 3 aromatic rings. The molecule has 5 heteroatoms. The molecular formula is C22H24N4O. The average Bonchev–Trinajstić information content (AvgIpc) is 3.14. The standard InChI is InChI=1S/C22H24N4O/c1-15-7-9-16(10-8-15)21-26-19(14-27-21)13-25-22(23-2)24-12-18-11-17-5-3-4-6-20(17)18/h3-10,14,18H,11-13H2,1-2H3,(H2,23,24,25). The number of benzene rings is 2. The maximum Gasteiger partial charge on any atom is 0.226 e. The van der Waals surface area contributed by atoms with E-state index in [1.165, 1.54) is 16.7 Å². The summed E-state index contributed by atoms with van der Waals surface area (Å²) in [6, 6.07) is 16.8. The van der Waals surface area contributed by atoms with Crippen LogP contribution in [0.3, 0.4) is 0 Å². The molecule has 0 bridgehead atoms. The lowest BCUT2D eigenvalue weighted by atomic mass is 9.78. The van der Waals surface area contributed by atoms with Gasteiger partial charge in [-0.1, -0.05) is 42.0 Å². The van der Waals surface area contributed by atoms with Gasteiger partial charge in [-0.2, -0.15) is 0 Å². The van der Waals surface area contributed by atoms with Crippen molar-refractivity contribution in [2.45, 2.75) is 25.8 Å². The largest absolute Gasteiger partial charge is 0.444 e. The fourth-order valence-corrected chi connectivity index (χ4v) is 3.38. The van der Waals surface area contributed by atoms with Crippen molar-refractivity contribution in [3.05, 3.63) is 77.2 Å². The number of aromatic nitrogens is 1. The quantitative estimate of drug-likeness (QED) is 0.538. The van der Waals surface area contributed by atoms with Gasteiger partial charge in [-0.05, 0) is 36.6 Å². The Labute approximate surface area is 159 Å². The van der Waals surface area contributed by atoms with Gasteiger partial charge in [0.25, 0.3) is 0 Å². The van der Waals surface area contributed by atoms with Gasteiger partial charge in [-0.25, -0.2) is 4.98 Å². The highest BCUT2D eigenvalue weighted by molar-refractivity contribution is 5.79. The lowest BCUT2D eigenvalue weighted by Gasteiger charge is -2.30. The van der Waals surface area contributed by atoms with Crippen LogP contribution in [-0.2, 0) is 13.0 Å². The van der Waals surface area contributed by atoms with Crippen LogP contribution in [0.25, 0.3) is 11.5 Å². The van der Waals surface area contributed by atoms with E-state index in [4.69, 9.17) is 4.42 Å². The van der Waals surface area contributed by atoms with Crippen LogP contribution < -0.4 is 10.6 Å². The molecule has 0 aliphatic heterocycles. The van der Waals surface area contributed by atoms with E-state index in [2.05, 4.69) is 63.9 Å². The second-order valence-corrected chi connectivity index (χ2v) is 6.92. The van der Waals surface area contributed by atoms with Crippen LogP contribution in [0, 0.1) is 6.92 Å². The van der Waals surface area contributed by atoms with Crippen LogP contribution in [-0.4, -0.2) is 24.5 Å². The Morgan fingerprint density at radius 3 is 2.74 bits per heavy atom. The van der Waals surface area contributed by atoms with E-state index in [9.17, 15) is 0 Å². The molecule has 1 aromatic heterocycles. The van der Waals surface area contributed by atoms with Crippen molar-refractivity contribution >= 4 is 5.96 Å². The van der Waals surface area contributed by atoms with Crippen molar-refractivity contribution in [1.82, 2.24) is 15.6 Å². The van der Waals surface area contributed by atoms with E-state index in [-0.39, 0.29) is 0 Å². The summed E-state index contributed by atoms with van der Waals surface area (Å²) in [5.41, 5.74) is 5.95. The molecule has 0 fully saturated rings. The van der Waals surface area contributed by atoms with Gasteiger partial charge in [0.1, 0.15) is 6.26 Å².